The molecular weight excluding hydrogens is 250 g/mol. The van der Waals surface area contributed by atoms with Crippen LogP contribution in [0.15, 0.2) is 24.5 Å². The zero-order chi connectivity index (χ0) is 13.1. The molecule has 0 aliphatic heterocycles. The molecule has 18 heavy (non-hydrogen) atoms. The molecule has 0 unspecified atom stereocenters. The van der Waals surface area contributed by atoms with Crippen molar-refractivity contribution in [1.29, 1.82) is 0 Å². The molecule has 0 fully saturated rings. The van der Waals surface area contributed by atoms with Gasteiger partial charge < -0.3 is 0 Å². The third-order valence-corrected chi connectivity index (χ3v) is 3.31. The van der Waals surface area contributed by atoms with Crippen molar-refractivity contribution in [3.05, 3.63) is 46.5 Å². The highest BCUT2D eigenvalue weighted by molar-refractivity contribution is 6.34. The van der Waals surface area contributed by atoms with Gasteiger partial charge in [0, 0.05) is 12.1 Å². The number of aryl methyl sites for hydroxylation is 2. The normalized spacial score (nSPS) is 10.6. The Bertz CT molecular complexity index is 577. The molecule has 0 aliphatic rings. The van der Waals surface area contributed by atoms with E-state index in [0.29, 0.717) is 23.0 Å². The van der Waals surface area contributed by atoms with Gasteiger partial charge in [-0.05, 0) is 25.5 Å². The van der Waals surface area contributed by atoms with Crippen LogP contribution in [0.5, 0.6) is 0 Å². The van der Waals surface area contributed by atoms with E-state index in [1.807, 2.05) is 26.0 Å². The molecule has 0 spiro atoms. The summed E-state index contributed by atoms with van der Waals surface area (Å²) in [7, 11) is 0. The maximum atomic E-state index is 12.2. The Morgan fingerprint density at radius 1 is 1.44 bits per heavy atom. The number of carbonyl (C=O) groups excluding carboxylic acids is 1. The minimum atomic E-state index is -0.0357. The predicted octanol–water partition coefficient (Wildman–Crippen LogP) is 2.69. The van der Waals surface area contributed by atoms with Crippen LogP contribution in [0, 0.1) is 6.92 Å². The number of aromatic nitrogens is 3. The van der Waals surface area contributed by atoms with Gasteiger partial charge in [-0.2, -0.15) is 5.10 Å². The number of ketones is 1. The first kappa shape index (κ1) is 12.8. The molecule has 1 aromatic heterocycles. The second-order valence-electron chi connectivity index (χ2n) is 4.03. The average molecular weight is 264 g/mol. The van der Waals surface area contributed by atoms with Gasteiger partial charge in [-0.15, -0.1) is 0 Å². The van der Waals surface area contributed by atoms with Crippen molar-refractivity contribution < 1.29 is 4.79 Å². The molecule has 0 saturated heterocycles. The second-order valence-corrected chi connectivity index (χ2v) is 4.41. The number of hydrogen-bond donors (Lipinski definition) is 0. The second kappa shape index (κ2) is 5.31. The SMILES string of the molecule is CCn1ncnc1CC(=O)c1cccc(C)c1Cl. The zero-order valence-corrected chi connectivity index (χ0v) is 11.1. The highest BCUT2D eigenvalue weighted by atomic mass is 35.5. The summed E-state index contributed by atoms with van der Waals surface area (Å²) in [5.41, 5.74) is 1.45. The van der Waals surface area contributed by atoms with E-state index in [0.717, 1.165) is 5.56 Å². The van der Waals surface area contributed by atoms with Gasteiger partial charge >= 0.3 is 0 Å². The zero-order valence-electron chi connectivity index (χ0n) is 10.4. The fourth-order valence-electron chi connectivity index (χ4n) is 1.79. The minimum Gasteiger partial charge on any atom is -0.294 e. The highest BCUT2D eigenvalue weighted by Crippen LogP contribution is 2.21. The van der Waals surface area contributed by atoms with E-state index in [1.54, 1.807) is 10.7 Å². The molecule has 0 amide bonds. The average Bonchev–Trinajstić information content (AvgIpc) is 2.79. The van der Waals surface area contributed by atoms with Crippen LogP contribution in [-0.4, -0.2) is 20.5 Å². The van der Waals surface area contributed by atoms with E-state index in [9.17, 15) is 4.79 Å². The molecule has 2 aromatic rings. The van der Waals surface area contributed by atoms with Crippen molar-refractivity contribution in [3.8, 4) is 0 Å². The van der Waals surface area contributed by atoms with Crippen LogP contribution in [0.4, 0.5) is 0 Å². The fourth-order valence-corrected chi connectivity index (χ4v) is 2.02. The summed E-state index contributed by atoms with van der Waals surface area (Å²) in [5.74, 6) is 0.631. The number of carbonyl (C=O) groups is 1. The molecular formula is C13H14ClN3O. The van der Waals surface area contributed by atoms with Gasteiger partial charge in [0.25, 0.3) is 0 Å². The van der Waals surface area contributed by atoms with Gasteiger partial charge in [-0.1, -0.05) is 23.7 Å². The van der Waals surface area contributed by atoms with Gasteiger partial charge in [-0.25, -0.2) is 9.67 Å². The maximum Gasteiger partial charge on any atom is 0.171 e. The topological polar surface area (TPSA) is 47.8 Å². The van der Waals surface area contributed by atoms with E-state index < -0.39 is 0 Å². The summed E-state index contributed by atoms with van der Waals surface area (Å²) >= 11 is 6.14. The number of Topliss-reactive ketones (excluding diaryl/α,β-unsaturated/α-hetero) is 1. The van der Waals surface area contributed by atoms with E-state index >= 15 is 0 Å². The van der Waals surface area contributed by atoms with E-state index in [1.165, 1.54) is 6.33 Å². The van der Waals surface area contributed by atoms with Gasteiger partial charge in [0.2, 0.25) is 0 Å². The quantitative estimate of drug-likeness (QED) is 0.797. The summed E-state index contributed by atoms with van der Waals surface area (Å²) < 4.78 is 1.71. The first-order chi connectivity index (χ1) is 8.63. The molecule has 1 heterocycles. The monoisotopic (exact) mass is 263 g/mol. The standard InChI is InChI=1S/C13H14ClN3O/c1-3-17-12(15-8-16-17)7-11(18)10-6-4-5-9(2)13(10)14/h4-6,8H,3,7H2,1-2H3. The number of benzene rings is 1. The lowest BCUT2D eigenvalue weighted by Crippen LogP contribution is -2.11. The Balaban J connectivity index is 2.25. The van der Waals surface area contributed by atoms with E-state index in [2.05, 4.69) is 10.1 Å². The van der Waals surface area contributed by atoms with Crippen LogP contribution >= 0.6 is 11.6 Å². The van der Waals surface area contributed by atoms with Crippen LogP contribution in [0.2, 0.25) is 5.02 Å². The number of halogens is 1. The van der Waals surface area contributed by atoms with Crippen LogP contribution in [0.25, 0.3) is 0 Å². The van der Waals surface area contributed by atoms with Gasteiger partial charge in [-0.3, -0.25) is 4.79 Å². The molecule has 2 rings (SSSR count). The van der Waals surface area contributed by atoms with Crippen LogP contribution in [0.1, 0.15) is 28.7 Å². The Hall–Kier alpha value is -1.68. The fraction of sp³-hybridized carbons (Fsp3) is 0.308. The lowest BCUT2D eigenvalue weighted by molar-refractivity contribution is 0.0989. The van der Waals surface area contributed by atoms with Crippen molar-refractivity contribution in [1.82, 2.24) is 14.8 Å². The smallest absolute Gasteiger partial charge is 0.171 e. The molecule has 5 heteroatoms. The first-order valence-corrected chi connectivity index (χ1v) is 6.16. The van der Waals surface area contributed by atoms with Crippen molar-refractivity contribution >= 4 is 17.4 Å². The summed E-state index contributed by atoms with van der Waals surface area (Å²) in [6.45, 7) is 4.54. The summed E-state index contributed by atoms with van der Waals surface area (Å²) in [4.78, 5) is 16.3. The Labute approximate surface area is 111 Å². The number of hydrogen-bond acceptors (Lipinski definition) is 3. The van der Waals surface area contributed by atoms with Gasteiger partial charge in [0.05, 0.1) is 11.4 Å². The lowest BCUT2D eigenvalue weighted by Gasteiger charge is -2.06. The van der Waals surface area contributed by atoms with Gasteiger partial charge in [0.1, 0.15) is 12.2 Å². The Morgan fingerprint density at radius 2 is 2.22 bits per heavy atom. The Kier molecular flexibility index (Phi) is 3.77. The first-order valence-electron chi connectivity index (χ1n) is 5.78. The largest absolute Gasteiger partial charge is 0.294 e. The third-order valence-electron chi connectivity index (χ3n) is 2.81. The maximum absolute atomic E-state index is 12.2. The minimum absolute atomic E-state index is 0.0357. The van der Waals surface area contributed by atoms with Crippen LogP contribution in [0.3, 0.4) is 0 Å². The van der Waals surface area contributed by atoms with Crippen molar-refractivity contribution in [2.45, 2.75) is 26.8 Å². The van der Waals surface area contributed by atoms with Crippen LogP contribution in [-0.2, 0) is 13.0 Å². The number of rotatable bonds is 4. The highest BCUT2D eigenvalue weighted by Gasteiger charge is 2.15. The summed E-state index contributed by atoms with van der Waals surface area (Å²) in [6, 6.07) is 5.46. The van der Waals surface area contributed by atoms with Gasteiger partial charge in [0.15, 0.2) is 5.78 Å². The molecule has 0 atom stereocenters. The predicted molar refractivity (Wildman–Crippen MR) is 69.9 cm³/mol. The molecule has 94 valence electrons. The lowest BCUT2D eigenvalue weighted by atomic mass is 10.1. The van der Waals surface area contributed by atoms with E-state index in [4.69, 9.17) is 11.6 Å². The van der Waals surface area contributed by atoms with Crippen molar-refractivity contribution in [2.75, 3.05) is 0 Å². The number of nitrogens with zero attached hydrogens (tertiary/aromatic N) is 3. The molecule has 1 aromatic carbocycles. The molecule has 0 aliphatic carbocycles. The molecule has 0 radical (unpaired) electrons. The molecule has 0 saturated carbocycles. The van der Waals surface area contributed by atoms with Crippen molar-refractivity contribution in [2.24, 2.45) is 0 Å². The molecule has 4 nitrogen and oxygen atoms in total. The molecule has 0 bridgehead atoms. The van der Waals surface area contributed by atoms with E-state index in [-0.39, 0.29) is 12.2 Å². The Morgan fingerprint density at radius 3 is 2.94 bits per heavy atom. The van der Waals surface area contributed by atoms with Crippen molar-refractivity contribution in [3.63, 3.8) is 0 Å². The third kappa shape index (κ3) is 2.43. The summed E-state index contributed by atoms with van der Waals surface area (Å²) in [5, 5.41) is 4.56. The van der Waals surface area contributed by atoms with Crippen LogP contribution < -0.4 is 0 Å². The molecule has 0 N–H and O–H groups in total. The summed E-state index contributed by atoms with van der Waals surface area (Å²) in [6.07, 6.45) is 1.68.